The fourth-order valence-corrected chi connectivity index (χ4v) is 4.98. The van der Waals surface area contributed by atoms with Gasteiger partial charge < -0.3 is 19.3 Å². The molecule has 3 rings (SSSR count). The van der Waals surface area contributed by atoms with Gasteiger partial charge in [-0.3, -0.25) is 9.69 Å². The van der Waals surface area contributed by atoms with Crippen LogP contribution in [-0.4, -0.2) is 88.4 Å². The Bertz CT molecular complexity index is 765. The highest BCUT2D eigenvalue weighted by atomic mass is 19.1. The summed E-state index contributed by atoms with van der Waals surface area (Å²) < 4.78 is 24.6. The van der Waals surface area contributed by atoms with Crippen molar-refractivity contribution in [1.29, 1.82) is 5.26 Å². The molecular formula is C22H33FN4O5. The topological polar surface area (TPSA) is 103 Å². The molecule has 0 spiro atoms. The van der Waals surface area contributed by atoms with E-state index in [1.54, 1.807) is 32.6 Å². The van der Waals surface area contributed by atoms with Gasteiger partial charge in [-0.25, -0.2) is 14.0 Å². The van der Waals surface area contributed by atoms with Gasteiger partial charge in [0.05, 0.1) is 19.2 Å². The molecule has 2 bridgehead atoms. The minimum Gasteiger partial charge on any atom is -0.450 e. The van der Waals surface area contributed by atoms with E-state index in [0.717, 1.165) is 12.8 Å². The Kier molecular flexibility index (Phi) is 7.16. The van der Waals surface area contributed by atoms with Crippen LogP contribution in [0.2, 0.25) is 0 Å². The van der Waals surface area contributed by atoms with Gasteiger partial charge in [0.1, 0.15) is 24.4 Å². The predicted octanol–water partition coefficient (Wildman–Crippen LogP) is 2.84. The van der Waals surface area contributed by atoms with Crippen molar-refractivity contribution in [2.45, 2.75) is 95.7 Å². The van der Waals surface area contributed by atoms with Crippen LogP contribution in [0.4, 0.5) is 14.0 Å². The smallest absolute Gasteiger partial charge is 0.411 e. The van der Waals surface area contributed by atoms with Crippen LogP contribution in [0.25, 0.3) is 0 Å². The molecule has 0 radical (unpaired) electrons. The van der Waals surface area contributed by atoms with E-state index >= 15 is 0 Å². The van der Waals surface area contributed by atoms with Crippen LogP contribution in [-0.2, 0) is 14.3 Å². The molecule has 0 aliphatic carbocycles. The number of amides is 3. The number of likely N-dealkylation sites (tertiary alicyclic amines) is 1. The van der Waals surface area contributed by atoms with Gasteiger partial charge in [-0.1, -0.05) is 0 Å². The lowest BCUT2D eigenvalue weighted by Gasteiger charge is -2.42. The largest absolute Gasteiger partial charge is 0.450 e. The van der Waals surface area contributed by atoms with Crippen LogP contribution in [0, 0.1) is 11.3 Å². The van der Waals surface area contributed by atoms with Crippen molar-refractivity contribution in [1.82, 2.24) is 14.7 Å². The van der Waals surface area contributed by atoms with Crippen LogP contribution in [0.1, 0.15) is 59.8 Å². The number of alkyl halides is 1. The summed E-state index contributed by atoms with van der Waals surface area (Å²) in [4.78, 5) is 42.8. The second-order valence-electron chi connectivity index (χ2n) is 9.75. The maximum Gasteiger partial charge on any atom is 0.411 e. The van der Waals surface area contributed by atoms with Gasteiger partial charge in [-0.15, -0.1) is 0 Å². The molecule has 3 fully saturated rings. The number of carbonyl (C=O) groups is 3. The van der Waals surface area contributed by atoms with E-state index in [4.69, 9.17) is 9.47 Å². The fraction of sp³-hybridized carbons (Fsp3) is 0.818. The number of nitrogens with zero attached hydrogens (tertiary/aromatic N) is 4. The number of hydrogen-bond acceptors (Lipinski definition) is 6. The van der Waals surface area contributed by atoms with Crippen LogP contribution < -0.4 is 0 Å². The van der Waals surface area contributed by atoms with Crippen molar-refractivity contribution in [3.8, 4) is 6.07 Å². The standard InChI is InChI=1S/C22H33FN4O5/c1-5-31-21(30)27-15-6-7-16(27)10-17(9-15)26(20(29)32-22(2,3)4)13-19(28)25-12-14(23)8-18(25)11-24/h14-18H,5-10,12-13H2,1-4H3/t14-,15?,16?,17?,18-/m0/s1. The lowest BCUT2D eigenvalue weighted by Crippen LogP contribution is -2.56. The van der Waals surface area contributed by atoms with Gasteiger partial charge in [0.15, 0.2) is 0 Å². The van der Waals surface area contributed by atoms with E-state index in [2.05, 4.69) is 0 Å². The van der Waals surface area contributed by atoms with Crippen molar-refractivity contribution in [3.05, 3.63) is 0 Å². The van der Waals surface area contributed by atoms with Crippen LogP contribution in [0.3, 0.4) is 0 Å². The molecule has 0 aromatic rings. The molecule has 2 unspecified atom stereocenters. The Labute approximate surface area is 188 Å². The Morgan fingerprint density at radius 2 is 1.78 bits per heavy atom. The summed E-state index contributed by atoms with van der Waals surface area (Å²) in [6.07, 6.45) is 0.402. The molecule has 3 heterocycles. The molecule has 0 aromatic heterocycles. The molecule has 9 nitrogen and oxygen atoms in total. The SMILES string of the molecule is CCOC(=O)N1C2CCC1CC(N(CC(=O)N1C[C@@H](F)C[C@H]1C#N)C(=O)OC(C)(C)C)C2. The summed E-state index contributed by atoms with van der Waals surface area (Å²) in [7, 11) is 0. The summed E-state index contributed by atoms with van der Waals surface area (Å²) in [5.41, 5.74) is -0.754. The molecule has 3 aliphatic rings. The van der Waals surface area contributed by atoms with E-state index in [1.807, 2.05) is 6.07 Å². The quantitative estimate of drug-likeness (QED) is 0.650. The van der Waals surface area contributed by atoms with E-state index in [1.165, 1.54) is 9.80 Å². The second-order valence-corrected chi connectivity index (χ2v) is 9.75. The summed E-state index contributed by atoms with van der Waals surface area (Å²) in [6.45, 7) is 6.86. The summed E-state index contributed by atoms with van der Waals surface area (Å²) in [6, 6.07) is 0.680. The van der Waals surface area contributed by atoms with Crippen molar-refractivity contribution >= 4 is 18.1 Å². The average molecular weight is 453 g/mol. The number of ether oxygens (including phenoxy) is 2. The second kappa shape index (κ2) is 9.51. The monoisotopic (exact) mass is 452 g/mol. The summed E-state index contributed by atoms with van der Waals surface area (Å²) in [5, 5.41) is 9.29. The van der Waals surface area contributed by atoms with Gasteiger partial charge in [-0.05, 0) is 53.4 Å². The van der Waals surface area contributed by atoms with Gasteiger partial charge >= 0.3 is 12.2 Å². The lowest BCUT2D eigenvalue weighted by molar-refractivity contribution is -0.133. The van der Waals surface area contributed by atoms with Crippen LogP contribution in [0.5, 0.6) is 0 Å². The number of nitriles is 1. The molecule has 0 N–H and O–H groups in total. The third-order valence-corrected chi connectivity index (χ3v) is 6.28. The van der Waals surface area contributed by atoms with E-state index in [9.17, 15) is 24.0 Å². The van der Waals surface area contributed by atoms with Crippen molar-refractivity contribution in [2.24, 2.45) is 0 Å². The molecular weight excluding hydrogens is 419 g/mol. The van der Waals surface area contributed by atoms with Crippen molar-refractivity contribution < 1.29 is 28.2 Å². The van der Waals surface area contributed by atoms with Gasteiger partial charge in [0, 0.05) is 24.5 Å². The zero-order valence-electron chi connectivity index (χ0n) is 19.3. The van der Waals surface area contributed by atoms with Crippen molar-refractivity contribution in [3.63, 3.8) is 0 Å². The summed E-state index contributed by atoms with van der Waals surface area (Å²) >= 11 is 0. The molecule has 32 heavy (non-hydrogen) atoms. The number of carbonyl (C=O) groups excluding carboxylic acids is 3. The predicted molar refractivity (Wildman–Crippen MR) is 112 cm³/mol. The molecule has 0 aromatic carbocycles. The molecule has 178 valence electrons. The van der Waals surface area contributed by atoms with E-state index in [-0.39, 0.29) is 43.7 Å². The van der Waals surface area contributed by atoms with E-state index in [0.29, 0.717) is 19.4 Å². The zero-order chi connectivity index (χ0) is 23.6. The number of hydrogen-bond donors (Lipinski definition) is 0. The molecule has 0 saturated carbocycles. The number of rotatable bonds is 4. The minimum absolute atomic E-state index is 0.0171. The van der Waals surface area contributed by atoms with Crippen molar-refractivity contribution in [2.75, 3.05) is 19.7 Å². The first kappa shape index (κ1) is 24.1. The third kappa shape index (κ3) is 5.25. The first-order valence-corrected chi connectivity index (χ1v) is 11.3. The van der Waals surface area contributed by atoms with Gasteiger partial charge in [0.25, 0.3) is 0 Å². The molecule has 3 aliphatic heterocycles. The molecule has 4 atom stereocenters. The Morgan fingerprint density at radius 1 is 1.16 bits per heavy atom. The van der Waals surface area contributed by atoms with Crippen LogP contribution >= 0.6 is 0 Å². The summed E-state index contributed by atoms with van der Waals surface area (Å²) in [5.74, 6) is -0.470. The van der Waals surface area contributed by atoms with E-state index < -0.39 is 29.8 Å². The third-order valence-electron chi connectivity index (χ3n) is 6.28. The maximum absolute atomic E-state index is 13.8. The Hall–Kier alpha value is -2.57. The van der Waals surface area contributed by atoms with Crippen LogP contribution in [0.15, 0.2) is 0 Å². The normalized spacial score (nSPS) is 29.4. The number of piperidine rings is 1. The Balaban J connectivity index is 1.77. The maximum atomic E-state index is 13.8. The zero-order valence-corrected chi connectivity index (χ0v) is 19.3. The number of fused-ring (bicyclic) bond motifs is 2. The minimum atomic E-state index is -1.25. The first-order valence-electron chi connectivity index (χ1n) is 11.3. The lowest BCUT2D eigenvalue weighted by atomic mass is 9.96. The molecule has 3 amide bonds. The average Bonchev–Trinajstić information content (AvgIpc) is 3.21. The fourth-order valence-electron chi connectivity index (χ4n) is 4.98. The molecule has 3 saturated heterocycles. The first-order chi connectivity index (χ1) is 15.0. The van der Waals surface area contributed by atoms with Gasteiger partial charge in [-0.2, -0.15) is 5.26 Å². The highest BCUT2D eigenvalue weighted by molar-refractivity contribution is 5.83. The Morgan fingerprint density at radius 3 is 2.31 bits per heavy atom. The molecule has 10 heteroatoms. The van der Waals surface area contributed by atoms with Gasteiger partial charge in [0.2, 0.25) is 5.91 Å². The number of halogens is 1. The highest BCUT2D eigenvalue weighted by Crippen LogP contribution is 2.38. The highest BCUT2D eigenvalue weighted by Gasteiger charge is 2.47.